The number of anilines is 2. The minimum absolute atomic E-state index is 0.192. The van der Waals surface area contributed by atoms with Gasteiger partial charge in [0, 0.05) is 30.7 Å². The number of para-hydroxylation sites is 1. The van der Waals surface area contributed by atoms with Crippen molar-refractivity contribution in [3.63, 3.8) is 0 Å². The number of nitrogen functional groups attached to an aromatic ring is 1. The molecule has 0 saturated carbocycles. The van der Waals surface area contributed by atoms with Crippen molar-refractivity contribution in [1.29, 1.82) is 0 Å². The number of hydrogen-bond donors (Lipinski definition) is 4. The molecule has 0 amide bonds. The summed E-state index contributed by atoms with van der Waals surface area (Å²) in [5.74, 6) is 0.591. The second-order valence-corrected chi connectivity index (χ2v) is 7.48. The van der Waals surface area contributed by atoms with Crippen LogP contribution in [0.4, 0.5) is 11.5 Å². The van der Waals surface area contributed by atoms with Gasteiger partial charge in [0.25, 0.3) is 0 Å². The van der Waals surface area contributed by atoms with Gasteiger partial charge in [-0.15, -0.1) is 10.2 Å². The molecule has 4 rings (SSSR count). The lowest BCUT2D eigenvalue weighted by atomic mass is 9.98. The van der Waals surface area contributed by atoms with E-state index in [0.29, 0.717) is 23.1 Å². The first-order valence-corrected chi connectivity index (χ1v) is 9.83. The zero-order valence-corrected chi connectivity index (χ0v) is 15.6. The van der Waals surface area contributed by atoms with Crippen LogP contribution >= 0.6 is 0 Å². The number of nitrogens with one attached hydrogen (secondary N) is 2. The van der Waals surface area contributed by atoms with E-state index in [-0.39, 0.29) is 5.75 Å². The summed E-state index contributed by atoms with van der Waals surface area (Å²) in [6.07, 6.45) is 4.70. The fraction of sp³-hybridized carbons (Fsp3) is 0.500. The molecular weight excluding hydrogens is 340 g/mol. The lowest BCUT2D eigenvalue weighted by Crippen LogP contribution is -2.48. The summed E-state index contributed by atoms with van der Waals surface area (Å²) in [4.78, 5) is 2.64. The van der Waals surface area contributed by atoms with Crippen LogP contribution in [0.25, 0.3) is 11.3 Å². The average Bonchev–Trinajstić information content (AvgIpc) is 2.71. The summed E-state index contributed by atoms with van der Waals surface area (Å²) in [6, 6.07) is 10.1. The number of nitrogens with zero attached hydrogens (tertiary/aromatic N) is 3. The molecule has 0 unspecified atom stereocenters. The molecule has 2 fully saturated rings. The van der Waals surface area contributed by atoms with Crippen LogP contribution in [0.2, 0.25) is 0 Å². The minimum Gasteiger partial charge on any atom is -0.507 e. The molecule has 0 spiro atoms. The molecule has 2 aromatic rings. The molecule has 1 aromatic heterocycles. The highest BCUT2D eigenvalue weighted by molar-refractivity contribution is 5.73. The Morgan fingerprint density at radius 3 is 2.56 bits per heavy atom. The minimum atomic E-state index is 0.192. The molecule has 0 aliphatic carbocycles. The second kappa shape index (κ2) is 8.10. The van der Waals surface area contributed by atoms with Gasteiger partial charge in [-0.05, 0) is 57.0 Å². The van der Waals surface area contributed by atoms with E-state index in [9.17, 15) is 5.11 Å². The molecule has 3 heterocycles. The lowest BCUT2D eigenvalue weighted by Gasteiger charge is -2.39. The van der Waals surface area contributed by atoms with E-state index in [2.05, 4.69) is 25.7 Å². The first-order valence-electron chi connectivity index (χ1n) is 9.83. The van der Waals surface area contributed by atoms with Crippen molar-refractivity contribution in [3.05, 3.63) is 30.3 Å². The van der Waals surface area contributed by atoms with E-state index in [0.717, 1.165) is 50.7 Å². The maximum atomic E-state index is 10.1. The van der Waals surface area contributed by atoms with Crippen LogP contribution in [0.3, 0.4) is 0 Å². The van der Waals surface area contributed by atoms with E-state index in [1.807, 2.05) is 18.2 Å². The van der Waals surface area contributed by atoms with E-state index in [1.165, 1.54) is 12.8 Å². The summed E-state index contributed by atoms with van der Waals surface area (Å²) < 4.78 is 0. The zero-order valence-electron chi connectivity index (χ0n) is 15.6. The topological polar surface area (TPSA) is 99.3 Å². The number of aromatic nitrogens is 2. The molecule has 7 heteroatoms. The van der Waals surface area contributed by atoms with E-state index in [1.54, 1.807) is 12.1 Å². The molecule has 2 aliphatic rings. The van der Waals surface area contributed by atoms with Gasteiger partial charge >= 0.3 is 0 Å². The summed E-state index contributed by atoms with van der Waals surface area (Å²) in [6.45, 7) is 4.51. The molecular formula is C20H28N6O. The van der Waals surface area contributed by atoms with Gasteiger partial charge in [-0.3, -0.25) is 0 Å². The first kappa shape index (κ1) is 18.0. The number of piperidine rings is 2. The van der Waals surface area contributed by atoms with Crippen molar-refractivity contribution in [3.8, 4) is 17.0 Å². The van der Waals surface area contributed by atoms with Gasteiger partial charge in [-0.1, -0.05) is 12.1 Å². The third-order valence-electron chi connectivity index (χ3n) is 5.72. The molecule has 0 radical (unpaired) electrons. The Kier molecular flexibility index (Phi) is 5.40. The third kappa shape index (κ3) is 4.14. The van der Waals surface area contributed by atoms with Crippen LogP contribution in [0.1, 0.15) is 25.7 Å². The van der Waals surface area contributed by atoms with Gasteiger partial charge in [0.1, 0.15) is 5.75 Å². The molecule has 0 bridgehead atoms. The fourth-order valence-corrected chi connectivity index (χ4v) is 4.14. The van der Waals surface area contributed by atoms with Crippen LogP contribution in [-0.2, 0) is 0 Å². The number of hydrogen-bond acceptors (Lipinski definition) is 7. The standard InChI is InChI=1S/C20H28N6O/c21-20-18(13-17(24-25-20)16-3-1-2-4-19(16)27)23-14-7-11-26(12-8-14)15-5-9-22-10-6-15/h1-4,13-15,22,27H,5-12H2,(H2,21,25)(H,23,24). The highest BCUT2D eigenvalue weighted by atomic mass is 16.3. The molecule has 5 N–H and O–H groups in total. The molecule has 2 saturated heterocycles. The Morgan fingerprint density at radius 1 is 1.07 bits per heavy atom. The van der Waals surface area contributed by atoms with Crippen LogP contribution in [-0.4, -0.2) is 58.5 Å². The molecule has 7 nitrogen and oxygen atoms in total. The van der Waals surface area contributed by atoms with Crippen LogP contribution in [0.5, 0.6) is 5.75 Å². The van der Waals surface area contributed by atoms with Gasteiger partial charge in [-0.25, -0.2) is 0 Å². The highest BCUT2D eigenvalue weighted by Gasteiger charge is 2.26. The van der Waals surface area contributed by atoms with E-state index >= 15 is 0 Å². The van der Waals surface area contributed by atoms with Gasteiger partial charge in [-0.2, -0.15) is 0 Å². The second-order valence-electron chi connectivity index (χ2n) is 7.48. The predicted molar refractivity (Wildman–Crippen MR) is 108 cm³/mol. The molecule has 2 aliphatic heterocycles. The van der Waals surface area contributed by atoms with Gasteiger partial charge in [0.2, 0.25) is 0 Å². The van der Waals surface area contributed by atoms with Crippen molar-refractivity contribution >= 4 is 11.5 Å². The van der Waals surface area contributed by atoms with Crippen molar-refractivity contribution < 1.29 is 5.11 Å². The Bertz CT molecular complexity index is 769. The Morgan fingerprint density at radius 2 is 1.81 bits per heavy atom. The van der Waals surface area contributed by atoms with Crippen LogP contribution < -0.4 is 16.4 Å². The number of nitrogens with two attached hydrogens (primary N) is 1. The monoisotopic (exact) mass is 368 g/mol. The largest absolute Gasteiger partial charge is 0.507 e. The average molecular weight is 368 g/mol. The molecule has 27 heavy (non-hydrogen) atoms. The highest BCUT2D eigenvalue weighted by Crippen LogP contribution is 2.30. The van der Waals surface area contributed by atoms with Gasteiger partial charge < -0.3 is 26.4 Å². The Labute approximate surface area is 160 Å². The smallest absolute Gasteiger partial charge is 0.169 e. The summed E-state index contributed by atoms with van der Waals surface area (Å²) in [5.41, 5.74) is 8.13. The molecule has 0 atom stereocenters. The number of phenolic OH excluding ortho intramolecular Hbond substituents is 1. The molecule has 144 valence electrons. The normalized spacial score (nSPS) is 19.9. The Balaban J connectivity index is 1.41. The number of phenols is 1. The summed E-state index contributed by atoms with van der Waals surface area (Å²) >= 11 is 0. The summed E-state index contributed by atoms with van der Waals surface area (Å²) in [5, 5.41) is 25.3. The van der Waals surface area contributed by atoms with Crippen molar-refractivity contribution in [2.75, 3.05) is 37.2 Å². The van der Waals surface area contributed by atoms with E-state index < -0.39 is 0 Å². The number of likely N-dealkylation sites (tertiary alicyclic amines) is 1. The Hall–Kier alpha value is -2.38. The van der Waals surface area contributed by atoms with Crippen molar-refractivity contribution in [2.45, 2.75) is 37.8 Å². The third-order valence-corrected chi connectivity index (χ3v) is 5.72. The van der Waals surface area contributed by atoms with Crippen molar-refractivity contribution in [1.82, 2.24) is 20.4 Å². The number of rotatable bonds is 4. The van der Waals surface area contributed by atoms with Gasteiger partial charge in [0.15, 0.2) is 5.82 Å². The maximum absolute atomic E-state index is 10.1. The summed E-state index contributed by atoms with van der Waals surface area (Å²) in [7, 11) is 0. The molecule has 1 aromatic carbocycles. The first-order chi connectivity index (χ1) is 13.2. The van der Waals surface area contributed by atoms with Gasteiger partial charge in [0.05, 0.1) is 11.4 Å². The predicted octanol–water partition coefficient (Wildman–Crippen LogP) is 2.06. The fourth-order valence-electron chi connectivity index (χ4n) is 4.14. The van der Waals surface area contributed by atoms with Crippen LogP contribution in [0.15, 0.2) is 30.3 Å². The quantitative estimate of drug-likeness (QED) is 0.655. The number of benzene rings is 1. The maximum Gasteiger partial charge on any atom is 0.169 e. The van der Waals surface area contributed by atoms with E-state index in [4.69, 9.17) is 5.73 Å². The SMILES string of the molecule is Nc1nnc(-c2ccccc2O)cc1NC1CCN(C2CCNCC2)CC1. The van der Waals surface area contributed by atoms with Crippen molar-refractivity contribution in [2.24, 2.45) is 0 Å². The number of aromatic hydroxyl groups is 1. The zero-order chi connectivity index (χ0) is 18.6. The lowest BCUT2D eigenvalue weighted by molar-refractivity contribution is 0.131. The van der Waals surface area contributed by atoms with Crippen LogP contribution in [0, 0.1) is 0 Å².